The molecule has 0 saturated carbocycles. The highest BCUT2D eigenvalue weighted by atomic mass is 32.1. The molecular weight excluding hydrogens is 316 g/mol. The van der Waals surface area contributed by atoms with Crippen LogP contribution in [0.4, 0.5) is 0 Å². The van der Waals surface area contributed by atoms with Gasteiger partial charge in [-0.05, 0) is 23.1 Å². The molecule has 120 valence electrons. The number of thiophene rings is 1. The lowest BCUT2D eigenvalue weighted by Crippen LogP contribution is -2.44. The molecule has 1 aliphatic heterocycles. The average Bonchev–Trinajstić information content (AvgIpc) is 3.19. The Morgan fingerprint density at radius 3 is 2.91 bits per heavy atom. The zero-order valence-electron chi connectivity index (χ0n) is 12.6. The second-order valence-corrected chi connectivity index (χ2v) is 6.26. The standard InChI is InChI=1S/C17H16O5S/c1-21-15(19)4-6-17(16(20)12-5-7-23-10-12)9-11-2-3-13(18)8-14(11)22-17/h2-3,5,7-8,10,18H,4,6,9H2,1H3. The van der Waals surface area contributed by atoms with E-state index in [1.807, 2.05) is 5.38 Å². The number of esters is 1. The first-order chi connectivity index (χ1) is 11.0. The summed E-state index contributed by atoms with van der Waals surface area (Å²) in [4.78, 5) is 24.5. The molecule has 0 fully saturated rings. The van der Waals surface area contributed by atoms with Crippen LogP contribution >= 0.6 is 11.3 Å². The fraction of sp³-hybridized carbons (Fsp3) is 0.294. The van der Waals surface area contributed by atoms with Gasteiger partial charge in [-0.15, -0.1) is 0 Å². The fourth-order valence-corrected chi connectivity index (χ4v) is 3.42. The summed E-state index contributed by atoms with van der Waals surface area (Å²) >= 11 is 1.43. The number of phenols is 1. The Balaban J connectivity index is 1.92. The fourth-order valence-electron chi connectivity index (χ4n) is 2.78. The first-order valence-electron chi connectivity index (χ1n) is 7.19. The Morgan fingerprint density at radius 2 is 2.22 bits per heavy atom. The number of carbonyl (C=O) groups is 2. The van der Waals surface area contributed by atoms with Gasteiger partial charge in [0, 0.05) is 36.3 Å². The number of carbonyl (C=O) groups excluding carboxylic acids is 2. The lowest BCUT2D eigenvalue weighted by molar-refractivity contribution is -0.141. The van der Waals surface area contributed by atoms with Crippen molar-refractivity contribution in [3.63, 3.8) is 0 Å². The number of ketones is 1. The molecule has 0 amide bonds. The van der Waals surface area contributed by atoms with Gasteiger partial charge in [-0.25, -0.2) is 0 Å². The van der Waals surface area contributed by atoms with Crippen LogP contribution in [0.15, 0.2) is 35.0 Å². The van der Waals surface area contributed by atoms with E-state index in [9.17, 15) is 14.7 Å². The van der Waals surface area contributed by atoms with E-state index in [4.69, 9.17) is 4.74 Å². The summed E-state index contributed by atoms with van der Waals surface area (Å²) in [6.07, 6.45) is 0.685. The molecule has 23 heavy (non-hydrogen) atoms. The van der Waals surface area contributed by atoms with Crippen LogP contribution in [0.25, 0.3) is 0 Å². The van der Waals surface area contributed by atoms with E-state index in [0.29, 0.717) is 17.7 Å². The molecule has 0 spiro atoms. The number of hydrogen-bond donors (Lipinski definition) is 1. The van der Waals surface area contributed by atoms with Crippen molar-refractivity contribution in [3.05, 3.63) is 46.2 Å². The monoisotopic (exact) mass is 332 g/mol. The van der Waals surface area contributed by atoms with Gasteiger partial charge in [0.05, 0.1) is 7.11 Å². The van der Waals surface area contributed by atoms with Gasteiger partial charge >= 0.3 is 5.97 Å². The van der Waals surface area contributed by atoms with E-state index in [1.54, 1.807) is 23.6 Å². The summed E-state index contributed by atoms with van der Waals surface area (Å²) < 4.78 is 10.6. The Bertz CT molecular complexity index is 737. The quantitative estimate of drug-likeness (QED) is 0.673. The second-order valence-electron chi connectivity index (χ2n) is 5.48. The van der Waals surface area contributed by atoms with Crippen molar-refractivity contribution in [2.24, 2.45) is 0 Å². The predicted molar refractivity (Wildman–Crippen MR) is 85.1 cm³/mol. The molecule has 3 rings (SSSR count). The molecule has 6 heteroatoms. The maximum atomic E-state index is 13.0. The van der Waals surface area contributed by atoms with E-state index in [-0.39, 0.29) is 30.3 Å². The van der Waals surface area contributed by atoms with Crippen LogP contribution in [0, 0.1) is 0 Å². The largest absolute Gasteiger partial charge is 0.508 e. The molecule has 0 bridgehead atoms. The molecule has 2 aromatic rings. The van der Waals surface area contributed by atoms with Crippen molar-refractivity contribution in [1.29, 1.82) is 0 Å². The highest BCUT2D eigenvalue weighted by Crippen LogP contribution is 2.41. The number of aromatic hydroxyl groups is 1. The van der Waals surface area contributed by atoms with Crippen LogP contribution in [-0.4, -0.2) is 29.6 Å². The second kappa shape index (κ2) is 6.04. The van der Waals surface area contributed by atoms with Crippen molar-refractivity contribution in [3.8, 4) is 11.5 Å². The number of ether oxygens (including phenoxy) is 2. The van der Waals surface area contributed by atoms with Crippen LogP contribution in [0.3, 0.4) is 0 Å². The van der Waals surface area contributed by atoms with Crippen LogP contribution in [0.5, 0.6) is 11.5 Å². The zero-order valence-corrected chi connectivity index (χ0v) is 13.4. The third-order valence-electron chi connectivity index (χ3n) is 3.99. The topological polar surface area (TPSA) is 72.8 Å². The highest BCUT2D eigenvalue weighted by Gasteiger charge is 2.46. The first kappa shape index (κ1) is 15.6. The van der Waals surface area contributed by atoms with Crippen molar-refractivity contribution in [1.82, 2.24) is 0 Å². The highest BCUT2D eigenvalue weighted by molar-refractivity contribution is 7.08. The Morgan fingerprint density at radius 1 is 1.39 bits per heavy atom. The number of rotatable bonds is 5. The van der Waals surface area contributed by atoms with Gasteiger partial charge < -0.3 is 14.6 Å². The number of Topliss-reactive ketones (excluding diaryl/α,β-unsaturated/α-hetero) is 1. The maximum Gasteiger partial charge on any atom is 0.305 e. The van der Waals surface area contributed by atoms with Crippen molar-refractivity contribution in [2.75, 3.05) is 7.11 Å². The molecule has 2 heterocycles. The van der Waals surface area contributed by atoms with E-state index < -0.39 is 5.60 Å². The minimum absolute atomic E-state index is 0.0792. The summed E-state index contributed by atoms with van der Waals surface area (Å²) in [6.45, 7) is 0. The Labute approximate surface area is 137 Å². The van der Waals surface area contributed by atoms with Gasteiger partial charge in [-0.2, -0.15) is 11.3 Å². The van der Waals surface area contributed by atoms with Crippen LogP contribution in [0.1, 0.15) is 28.8 Å². The number of methoxy groups -OCH3 is 1. The zero-order chi connectivity index (χ0) is 16.4. The normalized spacial score (nSPS) is 19.0. The Hall–Kier alpha value is -2.34. The van der Waals surface area contributed by atoms with Gasteiger partial charge in [0.15, 0.2) is 5.60 Å². The molecule has 1 aliphatic rings. The lowest BCUT2D eigenvalue weighted by atomic mass is 9.85. The minimum Gasteiger partial charge on any atom is -0.508 e. The van der Waals surface area contributed by atoms with Crippen LogP contribution in [-0.2, 0) is 16.0 Å². The molecule has 0 aliphatic carbocycles. The van der Waals surface area contributed by atoms with Gasteiger partial charge in [0.25, 0.3) is 0 Å². The summed E-state index contributed by atoms with van der Waals surface area (Å²) in [5.41, 5.74) is 0.277. The summed E-state index contributed by atoms with van der Waals surface area (Å²) in [7, 11) is 1.32. The van der Waals surface area contributed by atoms with Crippen LogP contribution < -0.4 is 4.74 Å². The van der Waals surface area contributed by atoms with E-state index in [1.165, 1.54) is 24.5 Å². The number of fused-ring (bicyclic) bond motifs is 1. The summed E-state index contributed by atoms with van der Waals surface area (Å²) in [5, 5.41) is 13.2. The molecule has 1 unspecified atom stereocenters. The molecule has 0 radical (unpaired) electrons. The van der Waals surface area contributed by atoms with E-state index >= 15 is 0 Å². The number of benzene rings is 1. The van der Waals surface area contributed by atoms with Gasteiger partial charge in [-0.3, -0.25) is 9.59 Å². The summed E-state index contributed by atoms with van der Waals surface area (Å²) in [5.74, 6) is 0.0252. The smallest absolute Gasteiger partial charge is 0.305 e. The van der Waals surface area contributed by atoms with Crippen molar-refractivity contribution < 1.29 is 24.2 Å². The molecular formula is C17H16O5S. The van der Waals surface area contributed by atoms with Crippen molar-refractivity contribution in [2.45, 2.75) is 24.9 Å². The Kier molecular flexibility index (Phi) is 4.09. The number of phenolic OH excluding ortho intramolecular Hbond substituents is 1. The third-order valence-corrected chi connectivity index (χ3v) is 4.67. The van der Waals surface area contributed by atoms with Crippen molar-refractivity contribution >= 4 is 23.1 Å². The SMILES string of the molecule is COC(=O)CCC1(C(=O)c2ccsc2)Cc2ccc(O)cc2O1. The minimum atomic E-state index is -1.13. The summed E-state index contributed by atoms with van der Waals surface area (Å²) in [6, 6.07) is 6.55. The molecule has 1 aromatic carbocycles. The van der Waals surface area contributed by atoms with Gasteiger partial charge in [0.1, 0.15) is 11.5 Å². The lowest BCUT2D eigenvalue weighted by Gasteiger charge is -2.26. The molecule has 1 atom stereocenters. The van der Waals surface area contributed by atoms with Gasteiger partial charge in [-0.1, -0.05) is 6.07 Å². The maximum absolute atomic E-state index is 13.0. The molecule has 5 nitrogen and oxygen atoms in total. The molecule has 0 saturated heterocycles. The van der Waals surface area contributed by atoms with Gasteiger partial charge in [0.2, 0.25) is 5.78 Å². The average molecular weight is 332 g/mol. The number of hydrogen-bond acceptors (Lipinski definition) is 6. The van der Waals surface area contributed by atoms with Crippen LogP contribution in [0.2, 0.25) is 0 Å². The first-order valence-corrected chi connectivity index (χ1v) is 8.13. The van der Waals surface area contributed by atoms with E-state index in [2.05, 4.69) is 4.74 Å². The van der Waals surface area contributed by atoms with E-state index in [0.717, 1.165) is 5.56 Å². The molecule has 1 N–H and O–H groups in total. The third kappa shape index (κ3) is 2.94. The predicted octanol–water partition coefficient (Wildman–Crippen LogP) is 2.96. The molecule has 1 aromatic heterocycles.